The van der Waals surface area contributed by atoms with Crippen LogP contribution in [0.4, 0.5) is 13.2 Å². The molecule has 3 N–H and O–H groups in total. The van der Waals surface area contributed by atoms with Crippen molar-refractivity contribution in [3.8, 4) is 24.3 Å². The van der Waals surface area contributed by atoms with Crippen LogP contribution in [0.5, 0.6) is 0 Å². The minimum absolute atomic E-state index is 0.120. The van der Waals surface area contributed by atoms with E-state index in [1.165, 1.54) is 0 Å². The third kappa shape index (κ3) is 15.1. The molecule has 13 nitrogen and oxygen atoms in total. The molecular formula is C45H57F3N10O3. The van der Waals surface area contributed by atoms with Crippen LogP contribution in [-0.2, 0) is 14.2 Å². The second-order valence-corrected chi connectivity index (χ2v) is 17.6. The molecule has 16 heteroatoms. The molecule has 3 aliphatic rings. The van der Waals surface area contributed by atoms with E-state index in [1.54, 1.807) is 12.1 Å². The van der Waals surface area contributed by atoms with Gasteiger partial charge in [0.2, 0.25) is 0 Å². The largest absolute Gasteiger partial charge is 0.384 e. The van der Waals surface area contributed by atoms with E-state index >= 15 is 13.2 Å². The molecule has 0 aromatic heterocycles. The lowest BCUT2D eigenvalue weighted by Gasteiger charge is -2.33. The summed E-state index contributed by atoms with van der Waals surface area (Å²) in [7, 11) is 0. The molecule has 326 valence electrons. The van der Waals surface area contributed by atoms with E-state index in [9.17, 15) is 21.0 Å². The van der Waals surface area contributed by atoms with Crippen molar-refractivity contribution >= 4 is 0 Å². The molecule has 0 saturated carbocycles. The summed E-state index contributed by atoms with van der Waals surface area (Å²) >= 11 is 0. The Kier molecular flexibility index (Phi) is 19.1. The van der Waals surface area contributed by atoms with Gasteiger partial charge in [-0.1, -0.05) is 41.5 Å². The van der Waals surface area contributed by atoms with Gasteiger partial charge in [-0.3, -0.25) is 4.90 Å². The highest BCUT2D eigenvalue weighted by Crippen LogP contribution is 2.45. The first-order valence-electron chi connectivity index (χ1n) is 20.3. The first kappa shape index (κ1) is 49.8. The summed E-state index contributed by atoms with van der Waals surface area (Å²) in [5.41, 5.74) is -0.291. The maximum absolute atomic E-state index is 15.3. The summed E-state index contributed by atoms with van der Waals surface area (Å²) in [5, 5.41) is 46.6. The first-order valence-corrected chi connectivity index (χ1v) is 20.3. The normalized spacial score (nSPS) is 19.8. The highest BCUT2D eigenvalue weighted by Gasteiger charge is 2.35. The third-order valence-corrected chi connectivity index (χ3v) is 10.5. The van der Waals surface area contributed by atoms with Crippen LogP contribution in [0.25, 0.3) is 9.69 Å². The fraction of sp³-hybridized carbons (Fsp3) is 0.600. The number of halogens is 3. The molecule has 0 amide bonds. The summed E-state index contributed by atoms with van der Waals surface area (Å²) in [6, 6.07) is 7.22. The topological polar surface area (TPSA) is 171 Å². The molecule has 3 aliphatic carbocycles. The van der Waals surface area contributed by atoms with Crippen LogP contribution in [0.1, 0.15) is 80.1 Å². The molecule has 0 unspecified atom stereocenters. The predicted octanol–water partition coefficient (Wildman–Crippen LogP) is 7.85. The van der Waals surface area contributed by atoms with Crippen LogP contribution in [0.3, 0.4) is 0 Å². The van der Waals surface area contributed by atoms with Crippen molar-refractivity contribution in [1.29, 1.82) is 21.0 Å². The second-order valence-electron chi connectivity index (χ2n) is 17.6. The Bertz CT molecular complexity index is 1790. The Hall–Kier alpha value is -5.59. The van der Waals surface area contributed by atoms with Crippen LogP contribution >= 0.6 is 0 Å². The van der Waals surface area contributed by atoms with Crippen LogP contribution in [-0.4, -0.2) is 83.8 Å². The Balaban J connectivity index is 1.54. The summed E-state index contributed by atoms with van der Waals surface area (Å²) < 4.78 is 63.5. The van der Waals surface area contributed by atoms with E-state index in [0.717, 1.165) is 0 Å². The van der Waals surface area contributed by atoms with Crippen molar-refractivity contribution in [2.45, 2.75) is 80.1 Å². The fourth-order valence-corrected chi connectivity index (χ4v) is 7.59. The van der Waals surface area contributed by atoms with E-state index in [1.807, 2.05) is 53.7 Å². The highest BCUT2D eigenvalue weighted by molar-refractivity contribution is 5.50. The average Bonchev–Trinajstić information content (AvgIpc) is 3.20. The second kappa shape index (κ2) is 23.4. The molecule has 0 aliphatic heterocycles. The lowest BCUT2D eigenvalue weighted by atomic mass is 9.75. The number of hydrogen-bond acceptors (Lipinski definition) is 11. The van der Waals surface area contributed by atoms with Crippen LogP contribution in [0.2, 0.25) is 0 Å². The van der Waals surface area contributed by atoms with Gasteiger partial charge in [0.15, 0.2) is 0 Å². The van der Waals surface area contributed by atoms with Gasteiger partial charge in [0, 0.05) is 73.1 Å². The zero-order valence-electron chi connectivity index (χ0n) is 36.2. The third-order valence-electron chi connectivity index (χ3n) is 10.5. The monoisotopic (exact) mass is 842 g/mol. The SMILES string of the molecule is [C-]#[N+]/C(C#N)=C1/CC(C)(C)CC(NCCOCCN(CCOCCNC2=C(F)C(=C(C#N)C#N)CC(C)(C)C2)CCOCCNC2=C(F)/C(=C(/C#N)[N+]#[C-])CC(C)(C)C2)=C1F. The van der Waals surface area contributed by atoms with E-state index in [0.29, 0.717) is 108 Å². The Labute approximate surface area is 359 Å². The Morgan fingerprint density at radius 3 is 1.15 bits per heavy atom. The number of nitrogens with one attached hydrogen (secondary N) is 3. The molecule has 0 bridgehead atoms. The predicted molar refractivity (Wildman–Crippen MR) is 223 cm³/mol. The Morgan fingerprint density at radius 1 is 0.541 bits per heavy atom. The average molecular weight is 843 g/mol. The zero-order valence-corrected chi connectivity index (χ0v) is 36.2. The van der Waals surface area contributed by atoms with Crippen LogP contribution in [0.15, 0.2) is 68.3 Å². The summed E-state index contributed by atoms with van der Waals surface area (Å²) in [6.45, 7) is 30.7. The van der Waals surface area contributed by atoms with Crippen LogP contribution in [0, 0.1) is 74.7 Å². The molecule has 61 heavy (non-hydrogen) atoms. The lowest BCUT2D eigenvalue weighted by molar-refractivity contribution is 0.0548. The van der Waals surface area contributed by atoms with Gasteiger partial charge in [0.25, 0.3) is 11.4 Å². The van der Waals surface area contributed by atoms with Gasteiger partial charge in [-0.25, -0.2) is 33.4 Å². The van der Waals surface area contributed by atoms with Crippen molar-refractivity contribution in [2.24, 2.45) is 16.2 Å². The van der Waals surface area contributed by atoms with Gasteiger partial charge >= 0.3 is 0 Å². The van der Waals surface area contributed by atoms with Gasteiger partial charge in [0.1, 0.15) is 35.2 Å². The molecule has 0 saturated heterocycles. The van der Waals surface area contributed by atoms with Gasteiger partial charge in [-0.05, 0) is 54.8 Å². The number of hydrogen-bond donors (Lipinski definition) is 3. The number of nitrogens with zero attached hydrogens (tertiary/aromatic N) is 7. The van der Waals surface area contributed by atoms with Gasteiger partial charge in [-0.2, -0.15) is 10.5 Å². The maximum atomic E-state index is 15.3. The van der Waals surface area contributed by atoms with Crippen molar-refractivity contribution in [2.75, 3.05) is 78.9 Å². The van der Waals surface area contributed by atoms with E-state index in [2.05, 4.69) is 30.5 Å². The minimum Gasteiger partial charge on any atom is -0.384 e. The molecule has 0 fully saturated rings. The van der Waals surface area contributed by atoms with Crippen molar-refractivity contribution in [3.63, 3.8) is 0 Å². The van der Waals surface area contributed by atoms with Crippen molar-refractivity contribution < 1.29 is 27.4 Å². The van der Waals surface area contributed by atoms with E-state index in [-0.39, 0.29) is 76.2 Å². The van der Waals surface area contributed by atoms with Gasteiger partial charge < -0.3 is 30.2 Å². The van der Waals surface area contributed by atoms with E-state index in [4.69, 9.17) is 27.4 Å². The molecule has 0 atom stereocenters. The van der Waals surface area contributed by atoms with Crippen LogP contribution < -0.4 is 16.0 Å². The molecule has 0 aromatic carbocycles. The van der Waals surface area contributed by atoms with Gasteiger partial charge in [0.05, 0.1) is 64.9 Å². The number of allylic oxidation sites excluding steroid dienone is 12. The summed E-state index contributed by atoms with van der Waals surface area (Å²) in [6.07, 6.45) is 2.16. The van der Waals surface area contributed by atoms with Gasteiger partial charge in [-0.15, -0.1) is 0 Å². The number of nitriles is 4. The number of ether oxygens (including phenoxy) is 3. The highest BCUT2D eigenvalue weighted by atomic mass is 19.1. The molecule has 0 aromatic rings. The quantitative estimate of drug-likeness (QED) is 0.0584. The number of rotatable bonds is 21. The Morgan fingerprint density at radius 2 is 0.852 bits per heavy atom. The first-order chi connectivity index (χ1) is 28.9. The van der Waals surface area contributed by atoms with E-state index < -0.39 is 17.5 Å². The summed E-state index contributed by atoms with van der Waals surface area (Å²) in [5.74, 6) is -1.67. The standard InChI is InChI=1S/C45H57F3N10O3/c1-43(2)21-32(31(27-49)28-50)40(46)35(24-43)55-9-15-59-18-12-58(13-19-60-16-10-56-36-25-44(3,4)22-33(41(36)47)38(29-51)53-7)14-20-61-17-11-57-37-26-45(5,6)23-34(42(37)48)39(30-52)54-8/h55-57H,9-26H2,1-6H3/b38-33-,39-34-. The maximum Gasteiger partial charge on any atom is 0.268 e. The van der Waals surface area contributed by atoms with Crippen molar-refractivity contribution in [3.05, 3.63) is 91.1 Å². The summed E-state index contributed by atoms with van der Waals surface area (Å²) in [4.78, 5) is 8.52. The molecule has 0 spiro atoms. The molecule has 0 heterocycles. The molecular weight excluding hydrogens is 786 g/mol. The fourth-order valence-electron chi connectivity index (χ4n) is 7.59. The van der Waals surface area contributed by atoms with Crippen molar-refractivity contribution in [1.82, 2.24) is 20.9 Å². The lowest BCUT2D eigenvalue weighted by Crippen LogP contribution is -2.35. The zero-order chi connectivity index (χ0) is 45.2. The minimum atomic E-state index is -0.562. The molecule has 3 rings (SSSR count). The smallest absolute Gasteiger partial charge is 0.268 e. The molecule has 0 radical (unpaired) electrons.